The number of aromatic nitrogens is 4. The monoisotopic (exact) mass is 386 g/mol. The smallest absolute Gasteiger partial charge is 0.268 e. The van der Waals surface area contributed by atoms with Crippen molar-refractivity contribution in [1.82, 2.24) is 25.0 Å². The third-order valence-electron chi connectivity index (χ3n) is 4.39. The molecule has 0 aliphatic rings. The second-order valence-electron chi connectivity index (χ2n) is 6.48. The number of rotatable bonds is 5. The number of hydrazone groups is 1. The van der Waals surface area contributed by atoms with Crippen LogP contribution < -0.4 is 11.0 Å². The Kier molecular flexibility index (Phi) is 4.98. The van der Waals surface area contributed by atoms with Crippen molar-refractivity contribution < 1.29 is 4.79 Å². The fraction of sp³-hybridized carbons (Fsp3) is 0.0952. The highest BCUT2D eigenvalue weighted by Crippen LogP contribution is 2.12. The Morgan fingerprint density at radius 3 is 2.62 bits per heavy atom. The van der Waals surface area contributed by atoms with E-state index >= 15 is 0 Å². The highest BCUT2D eigenvalue weighted by atomic mass is 16.2. The van der Waals surface area contributed by atoms with Gasteiger partial charge in [-0.1, -0.05) is 48.5 Å². The van der Waals surface area contributed by atoms with Crippen molar-refractivity contribution in [3.05, 3.63) is 94.2 Å². The molecular weight excluding hydrogens is 368 g/mol. The van der Waals surface area contributed by atoms with Gasteiger partial charge in [0, 0.05) is 24.2 Å². The van der Waals surface area contributed by atoms with E-state index in [9.17, 15) is 9.59 Å². The van der Waals surface area contributed by atoms with E-state index in [1.54, 1.807) is 35.1 Å². The Morgan fingerprint density at radius 1 is 1.10 bits per heavy atom. The lowest BCUT2D eigenvalue weighted by atomic mass is 10.1. The average molecular weight is 386 g/mol. The number of nitrogens with zero attached hydrogens (tertiary/aromatic N) is 5. The van der Waals surface area contributed by atoms with Gasteiger partial charge >= 0.3 is 0 Å². The molecule has 144 valence electrons. The number of aryl methyl sites for hydroxylation is 1. The molecule has 2 aromatic carbocycles. The Morgan fingerprint density at radius 2 is 1.83 bits per heavy atom. The van der Waals surface area contributed by atoms with Crippen molar-refractivity contribution in [2.24, 2.45) is 12.1 Å². The number of nitrogens with one attached hydrogen (secondary N) is 1. The van der Waals surface area contributed by atoms with Crippen molar-refractivity contribution >= 4 is 22.9 Å². The lowest BCUT2D eigenvalue weighted by molar-refractivity contribution is 0.0950. The fourth-order valence-corrected chi connectivity index (χ4v) is 2.99. The van der Waals surface area contributed by atoms with Crippen molar-refractivity contribution in [3.8, 4) is 0 Å². The topological polar surface area (TPSA) is 94.2 Å². The zero-order chi connectivity index (χ0) is 20.2. The summed E-state index contributed by atoms with van der Waals surface area (Å²) in [4.78, 5) is 24.7. The molecule has 2 heterocycles. The van der Waals surface area contributed by atoms with E-state index in [1.807, 2.05) is 36.5 Å². The maximum atomic E-state index is 12.5. The second kappa shape index (κ2) is 7.89. The predicted molar refractivity (Wildman–Crippen MR) is 110 cm³/mol. The Hall–Kier alpha value is -4.07. The van der Waals surface area contributed by atoms with Crippen molar-refractivity contribution in [1.29, 1.82) is 0 Å². The van der Waals surface area contributed by atoms with Crippen LogP contribution in [0.4, 0.5) is 0 Å². The van der Waals surface area contributed by atoms with E-state index in [-0.39, 0.29) is 11.3 Å². The van der Waals surface area contributed by atoms with Crippen molar-refractivity contribution in [3.63, 3.8) is 0 Å². The molecule has 1 amide bonds. The van der Waals surface area contributed by atoms with Gasteiger partial charge in [0.2, 0.25) is 0 Å². The van der Waals surface area contributed by atoms with Crippen LogP contribution in [0.2, 0.25) is 0 Å². The first-order valence-corrected chi connectivity index (χ1v) is 8.97. The van der Waals surface area contributed by atoms with Gasteiger partial charge in [0.1, 0.15) is 0 Å². The predicted octanol–water partition coefficient (Wildman–Crippen LogP) is 1.94. The summed E-state index contributed by atoms with van der Waals surface area (Å²) in [5.41, 5.74) is 4.23. The lowest BCUT2D eigenvalue weighted by Crippen LogP contribution is -2.27. The minimum absolute atomic E-state index is 0.139. The van der Waals surface area contributed by atoms with E-state index in [2.05, 4.69) is 20.7 Å². The van der Waals surface area contributed by atoms with E-state index in [1.165, 1.54) is 13.3 Å². The van der Waals surface area contributed by atoms with Gasteiger partial charge in [-0.3, -0.25) is 14.3 Å². The van der Waals surface area contributed by atoms with Gasteiger partial charge in [0.25, 0.3) is 11.5 Å². The second-order valence-corrected chi connectivity index (χ2v) is 6.48. The molecule has 4 rings (SSSR count). The fourth-order valence-electron chi connectivity index (χ4n) is 2.99. The first kappa shape index (κ1) is 18.3. The van der Waals surface area contributed by atoms with Crippen LogP contribution in [0.3, 0.4) is 0 Å². The molecular formula is C21H18N6O2. The molecule has 8 nitrogen and oxygen atoms in total. The Labute approximate surface area is 166 Å². The number of hydrogen-bond donors (Lipinski definition) is 1. The van der Waals surface area contributed by atoms with Gasteiger partial charge in [-0.05, 0) is 11.6 Å². The van der Waals surface area contributed by atoms with Crippen LogP contribution in [0, 0.1) is 0 Å². The number of fused-ring (bicyclic) bond motifs is 1. The van der Waals surface area contributed by atoms with Crippen LogP contribution >= 0.6 is 0 Å². The van der Waals surface area contributed by atoms with Crippen LogP contribution in [-0.2, 0) is 13.6 Å². The summed E-state index contributed by atoms with van der Waals surface area (Å²) in [5.74, 6) is -0.496. The molecule has 0 fully saturated rings. The maximum absolute atomic E-state index is 12.5. The van der Waals surface area contributed by atoms with Gasteiger partial charge < -0.3 is 0 Å². The molecule has 4 aromatic rings. The minimum Gasteiger partial charge on any atom is -0.268 e. The number of carbonyl (C=O) groups is 1. The maximum Gasteiger partial charge on any atom is 0.292 e. The number of benzene rings is 2. The van der Waals surface area contributed by atoms with Crippen LogP contribution in [0.1, 0.15) is 21.6 Å². The number of carbonyl (C=O) groups excluding carboxylic acids is 1. The van der Waals surface area contributed by atoms with E-state index < -0.39 is 5.91 Å². The van der Waals surface area contributed by atoms with Gasteiger partial charge in [0.15, 0.2) is 5.69 Å². The molecule has 0 spiro atoms. The molecule has 8 heteroatoms. The van der Waals surface area contributed by atoms with Gasteiger partial charge in [-0.25, -0.2) is 10.1 Å². The molecule has 0 unspecified atom stereocenters. The quantitative estimate of drug-likeness (QED) is 0.419. The van der Waals surface area contributed by atoms with Crippen LogP contribution in [0.25, 0.3) is 10.8 Å². The lowest BCUT2D eigenvalue weighted by Gasteiger charge is -2.06. The highest BCUT2D eigenvalue weighted by molar-refractivity contribution is 6.04. The highest BCUT2D eigenvalue weighted by Gasteiger charge is 2.14. The van der Waals surface area contributed by atoms with Gasteiger partial charge in [-0.2, -0.15) is 15.3 Å². The van der Waals surface area contributed by atoms with Crippen molar-refractivity contribution in [2.75, 3.05) is 0 Å². The first-order chi connectivity index (χ1) is 14.1. The minimum atomic E-state index is -0.496. The molecule has 0 aliphatic carbocycles. The SMILES string of the molecule is Cn1nc(C(=O)N/N=C\c2cnn(Cc3ccccc3)c2)c2ccccc2c1=O. The summed E-state index contributed by atoms with van der Waals surface area (Å²) < 4.78 is 2.94. The molecule has 0 bridgehead atoms. The molecule has 2 aromatic heterocycles. The van der Waals surface area contributed by atoms with Gasteiger partial charge in [-0.15, -0.1) is 0 Å². The summed E-state index contributed by atoms with van der Waals surface area (Å²) in [6.45, 7) is 0.648. The van der Waals surface area contributed by atoms with Crippen LogP contribution in [-0.4, -0.2) is 31.7 Å². The normalized spacial score (nSPS) is 11.2. The summed E-state index contributed by atoms with van der Waals surface area (Å²) in [6.07, 6.45) is 5.01. The molecule has 0 radical (unpaired) electrons. The first-order valence-electron chi connectivity index (χ1n) is 8.97. The van der Waals surface area contributed by atoms with E-state index in [4.69, 9.17) is 0 Å². The van der Waals surface area contributed by atoms with Crippen LogP contribution in [0.5, 0.6) is 0 Å². The zero-order valence-corrected chi connectivity index (χ0v) is 15.7. The Bertz CT molecular complexity index is 1260. The summed E-state index contributed by atoms with van der Waals surface area (Å²) >= 11 is 0. The number of amides is 1. The molecule has 0 saturated carbocycles. The van der Waals surface area contributed by atoms with E-state index in [0.29, 0.717) is 17.3 Å². The molecule has 0 saturated heterocycles. The molecule has 1 N–H and O–H groups in total. The molecule has 0 atom stereocenters. The van der Waals surface area contributed by atoms with Crippen molar-refractivity contribution in [2.45, 2.75) is 6.54 Å². The van der Waals surface area contributed by atoms with Crippen LogP contribution in [0.15, 0.2) is 76.9 Å². The molecule has 29 heavy (non-hydrogen) atoms. The Balaban J connectivity index is 1.48. The summed E-state index contributed by atoms with van der Waals surface area (Å²) in [7, 11) is 1.51. The van der Waals surface area contributed by atoms with Gasteiger partial charge in [0.05, 0.1) is 24.3 Å². The average Bonchev–Trinajstić information content (AvgIpc) is 3.18. The summed E-state index contributed by atoms with van der Waals surface area (Å²) in [6, 6.07) is 16.8. The number of hydrogen-bond acceptors (Lipinski definition) is 5. The largest absolute Gasteiger partial charge is 0.292 e. The third-order valence-corrected chi connectivity index (χ3v) is 4.39. The van der Waals surface area contributed by atoms with E-state index in [0.717, 1.165) is 15.8 Å². The molecule has 0 aliphatic heterocycles. The summed E-state index contributed by atoms with van der Waals surface area (Å²) in [5, 5.41) is 13.3. The zero-order valence-electron chi connectivity index (χ0n) is 15.7. The third kappa shape index (κ3) is 3.96. The standard InChI is InChI=1S/C21H18N6O2/c1-26-21(29)18-10-6-5-9-17(18)19(25-26)20(28)24-22-11-16-12-23-27(14-16)13-15-7-3-2-4-8-15/h2-12,14H,13H2,1H3,(H,24,28)/b22-11-.